The predicted octanol–water partition coefficient (Wildman–Crippen LogP) is 4.87. The molecule has 0 radical (unpaired) electrons. The third kappa shape index (κ3) is 5.10. The summed E-state index contributed by atoms with van der Waals surface area (Å²) in [5, 5.41) is 3.00. The molecular weight excluding hydrogens is 282 g/mol. The first kappa shape index (κ1) is 17.0. The molecule has 0 bridgehead atoms. The summed E-state index contributed by atoms with van der Waals surface area (Å²) in [5.74, 6) is -0.0822. The van der Waals surface area contributed by atoms with Gasteiger partial charge in [0.15, 0.2) is 0 Å². The molecule has 1 N–H and O–H groups in total. The van der Waals surface area contributed by atoms with Crippen molar-refractivity contribution in [2.24, 2.45) is 0 Å². The van der Waals surface area contributed by atoms with Crippen molar-refractivity contribution >= 4 is 12.0 Å². The maximum atomic E-state index is 12.0. The Morgan fingerprint density at radius 3 is 2.17 bits per heavy atom. The van der Waals surface area contributed by atoms with Crippen molar-refractivity contribution in [3.8, 4) is 0 Å². The van der Waals surface area contributed by atoms with Gasteiger partial charge in [-0.3, -0.25) is 4.79 Å². The molecule has 0 spiro atoms. The summed E-state index contributed by atoms with van der Waals surface area (Å²) in [7, 11) is 0. The van der Waals surface area contributed by atoms with Gasteiger partial charge < -0.3 is 5.32 Å². The van der Waals surface area contributed by atoms with E-state index < -0.39 is 0 Å². The SMILES string of the molecule is CC(NC(=O)/C=C/c1ccccc1)c1ccc(C(C)(C)C)cc1. The second kappa shape index (κ2) is 7.28. The molecule has 2 heteroatoms. The average molecular weight is 307 g/mol. The third-order valence-corrected chi connectivity index (χ3v) is 3.86. The lowest BCUT2D eigenvalue weighted by molar-refractivity contribution is -0.117. The van der Waals surface area contributed by atoms with E-state index in [-0.39, 0.29) is 17.4 Å². The van der Waals surface area contributed by atoms with E-state index in [0.717, 1.165) is 11.1 Å². The number of carbonyl (C=O) groups excluding carboxylic acids is 1. The van der Waals surface area contributed by atoms with Crippen LogP contribution in [0.15, 0.2) is 60.7 Å². The van der Waals surface area contributed by atoms with Crippen molar-refractivity contribution in [3.05, 3.63) is 77.4 Å². The Morgan fingerprint density at radius 2 is 1.61 bits per heavy atom. The van der Waals surface area contributed by atoms with E-state index >= 15 is 0 Å². The quantitative estimate of drug-likeness (QED) is 0.802. The smallest absolute Gasteiger partial charge is 0.244 e. The lowest BCUT2D eigenvalue weighted by Crippen LogP contribution is -2.24. The first-order valence-corrected chi connectivity index (χ1v) is 8.00. The van der Waals surface area contributed by atoms with E-state index in [9.17, 15) is 4.79 Å². The monoisotopic (exact) mass is 307 g/mol. The average Bonchev–Trinajstić information content (AvgIpc) is 2.53. The molecule has 0 fully saturated rings. The zero-order valence-corrected chi connectivity index (χ0v) is 14.3. The first-order chi connectivity index (χ1) is 10.9. The molecular formula is C21H25NO. The van der Waals surface area contributed by atoms with Crippen LogP contribution in [0.1, 0.15) is 50.4 Å². The third-order valence-electron chi connectivity index (χ3n) is 3.86. The molecule has 0 aliphatic carbocycles. The fourth-order valence-corrected chi connectivity index (χ4v) is 2.35. The van der Waals surface area contributed by atoms with Gasteiger partial charge in [0.2, 0.25) is 5.91 Å². The van der Waals surface area contributed by atoms with Crippen LogP contribution in [0, 0.1) is 0 Å². The molecule has 2 nitrogen and oxygen atoms in total. The zero-order chi connectivity index (χ0) is 16.9. The Kier molecular flexibility index (Phi) is 5.38. The maximum Gasteiger partial charge on any atom is 0.244 e. The van der Waals surface area contributed by atoms with E-state index in [2.05, 4.69) is 50.4 Å². The number of hydrogen-bond donors (Lipinski definition) is 1. The molecule has 1 amide bonds. The summed E-state index contributed by atoms with van der Waals surface area (Å²) in [6.07, 6.45) is 3.40. The second-order valence-corrected chi connectivity index (χ2v) is 6.85. The number of benzene rings is 2. The molecule has 2 rings (SSSR count). The van der Waals surface area contributed by atoms with Crippen molar-refractivity contribution < 1.29 is 4.79 Å². The van der Waals surface area contributed by atoms with Crippen LogP contribution in [0.3, 0.4) is 0 Å². The normalized spacial score (nSPS) is 13.0. The molecule has 2 aromatic rings. The van der Waals surface area contributed by atoms with E-state index in [4.69, 9.17) is 0 Å². The fourth-order valence-electron chi connectivity index (χ4n) is 2.35. The molecule has 0 aliphatic heterocycles. The van der Waals surface area contributed by atoms with Gasteiger partial charge in [-0.05, 0) is 35.1 Å². The van der Waals surface area contributed by atoms with Gasteiger partial charge in [-0.25, -0.2) is 0 Å². The number of rotatable bonds is 4. The van der Waals surface area contributed by atoms with Crippen LogP contribution >= 0.6 is 0 Å². The van der Waals surface area contributed by atoms with Crippen molar-refractivity contribution in [1.29, 1.82) is 0 Å². The molecule has 0 saturated carbocycles. The van der Waals surface area contributed by atoms with Crippen LogP contribution in [0.25, 0.3) is 6.08 Å². The molecule has 2 aromatic carbocycles. The molecule has 0 aromatic heterocycles. The molecule has 0 aliphatic rings. The Hall–Kier alpha value is -2.35. The lowest BCUT2D eigenvalue weighted by atomic mass is 9.86. The maximum absolute atomic E-state index is 12.0. The van der Waals surface area contributed by atoms with E-state index in [0.29, 0.717) is 0 Å². The van der Waals surface area contributed by atoms with E-state index in [1.807, 2.05) is 43.3 Å². The van der Waals surface area contributed by atoms with Crippen LogP contribution in [0.2, 0.25) is 0 Å². The van der Waals surface area contributed by atoms with Gasteiger partial charge in [-0.2, -0.15) is 0 Å². The lowest BCUT2D eigenvalue weighted by Gasteiger charge is -2.20. The summed E-state index contributed by atoms with van der Waals surface area (Å²) in [4.78, 5) is 12.0. The van der Waals surface area contributed by atoms with Crippen LogP contribution in [0.5, 0.6) is 0 Å². The van der Waals surface area contributed by atoms with Gasteiger partial charge in [-0.1, -0.05) is 75.4 Å². The van der Waals surface area contributed by atoms with Crippen LogP contribution in [-0.2, 0) is 10.2 Å². The molecule has 120 valence electrons. The summed E-state index contributed by atoms with van der Waals surface area (Å²) >= 11 is 0. The van der Waals surface area contributed by atoms with Crippen molar-refractivity contribution in [2.75, 3.05) is 0 Å². The Bertz CT molecular complexity index is 663. The summed E-state index contributed by atoms with van der Waals surface area (Å²) < 4.78 is 0. The number of amides is 1. The van der Waals surface area contributed by atoms with Crippen molar-refractivity contribution in [3.63, 3.8) is 0 Å². The van der Waals surface area contributed by atoms with Gasteiger partial charge in [0.1, 0.15) is 0 Å². The van der Waals surface area contributed by atoms with E-state index in [1.165, 1.54) is 5.56 Å². The largest absolute Gasteiger partial charge is 0.346 e. The van der Waals surface area contributed by atoms with Gasteiger partial charge in [0, 0.05) is 6.08 Å². The minimum absolute atomic E-state index is 0.0167. The van der Waals surface area contributed by atoms with Crippen molar-refractivity contribution in [1.82, 2.24) is 5.32 Å². The highest BCUT2D eigenvalue weighted by Crippen LogP contribution is 2.23. The van der Waals surface area contributed by atoms with E-state index in [1.54, 1.807) is 6.08 Å². The molecule has 1 atom stereocenters. The number of hydrogen-bond acceptors (Lipinski definition) is 1. The van der Waals surface area contributed by atoms with Crippen molar-refractivity contribution in [2.45, 2.75) is 39.2 Å². The standard InChI is InChI=1S/C21H25NO/c1-16(18-11-13-19(14-12-18)21(2,3)4)22-20(23)15-10-17-8-6-5-7-9-17/h5-16H,1-4H3,(H,22,23)/b15-10+. The molecule has 0 heterocycles. The van der Waals surface area contributed by atoms with Crippen LogP contribution in [-0.4, -0.2) is 5.91 Å². The second-order valence-electron chi connectivity index (χ2n) is 6.85. The van der Waals surface area contributed by atoms with Crippen LogP contribution in [0.4, 0.5) is 0 Å². The number of nitrogens with one attached hydrogen (secondary N) is 1. The van der Waals surface area contributed by atoms with Gasteiger partial charge >= 0.3 is 0 Å². The van der Waals surface area contributed by atoms with Gasteiger partial charge in [0.05, 0.1) is 6.04 Å². The highest BCUT2D eigenvalue weighted by atomic mass is 16.1. The van der Waals surface area contributed by atoms with Crippen LogP contribution < -0.4 is 5.32 Å². The number of carbonyl (C=O) groups is 1. The summed E-state index contributed by atoms with van der Waals surface area (Å²) in [5.41, 5.74) is 3.57. The van der Waals surface area contributed by atoms with Gasteiger partial charge in [-0.15, -0.1) is 0 Å². The minimum Gasteiger partial charge on any atom is -0.346 e. The minimum atomic E-state index is -0.0822. The summed E-state index contributed by atoms with van der Waals surface area (Å²) in [6, 6.07) is 18.2. The molecule has 1 unspecified atom stereocenters. The van der Waals surface area contributed by atoms with Gasteiger partial charge in [0.25, 0.3) is 0 Å². The topological polar surface area (TPSA) is 29.1 Å². The Balaban J connectivity index is 1.97. The first-order valence-electron chi connectivity index (χ1n) is 8.00. The Labute approximate surface area is 139 Å². The molecule has 23 heavy (non-hydrogen) atoms. The highest BCUT2D eigenvalue weighted by Gasteiger charge is 2.14. The molecule has 0 saturated heterocycles. The predicted molar refractivity (Wildman–Crippen MR) is 97.2 cm³/mol. The Morgan fingerprint density at radius 1 is 1.00 bits per heavy atom. The fraction of sp³-hybridized carbons (Fsp3) is 0.286. The zero-order valence-electron chi connectivity index (χ0n) is 14.3. The highest BCUT2D eigenvalue weighted by molar-refractivity contribution is 5.91. The summed E-state index contributed by atoms with van der Waals surface area (Å²) in [6.45, 7) is 8.59.